The second kappa shape index (κ2) is 9.79. The van der Waals surface area contributed by atoms with Crippen molar-refractivity contribution in [1.29, 1.82) is 0 Å². The molecule has 1 aliphatic rings. The fraction of sp³-hybridized carbons (Fsp3) is 0.231. The number of hydrogen-bond donors (Lipinski definition) is 1. The maximum absolute atomic E-state index is 14.2. The summed E-state index contributed by atoms with van der Waals surface area (Å²) in [5.74, 6) is 0.0785. The highest BCUT2D eigenvalue weighted by atomic mass is 32.1. The van der Waals surface area contributed by atoms with E-state index in [9.17, 15) is 14.0 Å². The van der Waals surface area contributed by atoms with Crippen molar-refractivity contribution >= 4 is 28.7 Å². The van der Waals surface area contributed by atoms with Crippen molar-refractivity contribution in [2.75, 3.05) is 23.3 Å². The Morgan fingerprint density at radius 2 is 1.86 bits per heavy atom. The van der Waals surface area contributed by atoms with Gasteiger partial charge in [-0.05, 0) is 37.1 Å². The van der Waals surface area contributed by atoms with Crippen molar-refractivity contribution in [3.8, 4) is 21.8 Å². The maximum atomic E-state index is 14.2. The zero-order valence-corrected chi connectivity index (χ0v) is 20.0. The fourth-order valence-corrected chi connectivity index (χ4v) is 5.11. The highest BCUT2D eigenvalue weighted by molar-refractivity contribution is 7.13. The molecule has 0 aliphatic carbocycles. The van der Waals surface area contributed by atoms with Crippen LogP contribution in [-0.4, -0.2) is 33.8 Å². The molecule has 7 nitrogen and oxygen atoms in total. The summed E-state index contributed by atoms with van der Waals surface area (Å²) < 4.78 is 15.5. The molecule has 1 fully saturated rings. The van der Waals surface area contributed by atoms with Gasteiger partial charge in [0.25, 0.3) is 5.56 Å². The van der Waals surface area contributed by atoms with Crippen molar-refractivity contribution in [2.45, 2.75) is 12.8 Å². The van der Waals surface area contributed by atoms with Crippen LogP contribution in [0.5, 0.6) is 0 Å². The largest absolute Gasteiger partial charge is 0.354 e. The van der Waals surface area contributed by atoms with Gasteiger partial charge in [-0.25, -0.2) is 14.1 Å². The van der Waals surface area contributed by atoms with Crippen LogP contribution in [-0.2, 0) is 11.8 Å². The highest BCUT2D eigenvalue weighted by Crippen LogP contribution is 2.34. The molecule has 2 aromatic carbocycles. The Morgan fingerprint density at radius 1 is 1.09 bits per heavy atom. The van der Waals surface area contributed by atoms with Crippen LogP contribution in [0.15, 0.2) is 70.8 Å². The normalized spacial score (nSPS) is 15.7. The Kier molecular flexibility index (Phi) is 6.41. The monoisotopic (exact) mass is 489 g/mol. The molecule has 1 saturated heterocycles. The van der Waals surface area contributed by atoms with Crippen molar-refractivity contribution in [2.24, 2.45) is 13.0 Å². The van der Waals surface area contributed by atoms with Crippen LogP contribution in [0.2, 0.25) is 0 Å². The molecule has 35 heavy (non-hydrogen) atoms. The van der Waals surface area contributed by atoms with E-state index in [4.69, 9.17) is 0 Å². The Labute approximate surface area is 205 Å². The summed E-state index contributed by atoms with van der Waals surface area (Å²) in [6, 6.07) is 17.3. The molecular formula is C26H24FN5O2S. The van der Waals surface area contributed by atoms with E-state index < -0.39 is 0 Å². The second-order valence-corrected chi connectivity index (χ2v) is 9.35. The minimum atomic E-state index is -0.315. The van der Waals surface area contributed by atoms with Crippen molar-refractivity contribution in [3.05, 3.63) is 82.2 Å². The molecule has 178 valence electrons. The number of para-hydroxylation sites is 1. The van der Waals surface area contributed by atoms with Crippen LogP contribution in [0.4, 0.5) is 15.9 Å². The summed E-state index contributed by atoms with van der Waals surface area (Å²) >= 11 is 1.37. The van der Waals surface area contributed by atoms with Crippen molar-refractivity contribution < 1.29 is 9.18 Å². The highest BCUT2D eigenvalue weighted by Gasteiger charge is 2.27. The zero-order valence-electron chi connectivity index (χ0n) is 19.1. The van der Waals surface area contributed by atoms with Crippen LogP contribution in [0, 0.1) is 11.7 Å². The Hall–Kier alpha value is -3.85. The van der Waals surface area contributed by atoms with Gasteiger partial charge in [0, 0.05) is 42.7 Å². The van der Waals surface area contributed by atoms with Crippen LogP contribution in [0.3, 0.4) is 0 Å². The van der Waals surface area contributed by atoms with E-state index in [1.165, 1.54) is 28.2 Å². The van der Waals surface area contributed by atoms with E-state index in [-0.39, 0.29) is 23.2 Å². The predicted molar refractivity (Wildman–Crippen MR) is 136 cm³/mol. The fourth-order valence-electron chi connectivity index (χ4n) is 4.26. The number of aryl methyl sites for hydroxylation is 1. The summed E-state index contributed by atoms with van der Waals surface area (Å²) in [6.07, 6.45) is 1.62. The van der Waals surface area contributed by atoms with Crippen LogP contribution in [0.1, 0.15) is 12.8 Å². The molecule has 1 atom stereocenters. The molecule has 2 aromatic heterocycles. The smallest absolute Gasteiger partial charge is 0.266 e. The quantitative estimate of drug-likeness (QED) is 0.444. The number of carbonyl (C=O) groups excluding carboxylic acids is 1. The molecule has 1 unspecified atom stereocenters. The first kappa shape index (κ1) is 22.9. The topological polar surface area (TPSA) is 80.1 Å². The number of aromatic nitrogens is 3. The van der Waals surface area contributed by atoms with Gasteiger partial charge in [-0.3, -0.25) is 9.59 Å². The molecule has 1 aliphatic heterocycles. The third-order valence-corrected chi connectivity index (χ3v) is 7.01. The van der Waals surface area contributed by atoms with Gasteiger partial charge in [-0.2, -0.15) is 5.10 Å². The first-order valence-corrected chi connectivity index (χ1v) is 12.3. The minimum absolute atomic E-state index is 0.0727. The first-order valence-electron chi connectivity index (χ1n) is 11.4. The Balaban J connectivity index is 1.34. The molecular weight excluding hydrogens is 465 g/mol. The van der Waals surface area contributed by atoms with E-state index in [0.29, 0.717) is 34.3 Å². The molecule has 1 amide bonds. The van der Waals surface area contributed by atoms with Crippen LogP contribution >= 0.6 is 11.3 Å². The number of thiazole rings is 1. The van der Waals surface area contributed by atoms with Crippen molar-refractivity contribution in [1.82, 2.24) is 14.8 Å². The lowest BCUT2D eigenvalue weighted by Crippen LogP contribution is -2.41. The van der Waals surface area contributed by atoms with E-state index >= 15 is 0 Å². The summed E-state index contributed by atoms with van der Waals surface area (Å²) in [4.78, 5) is 31.6. The third-order valence-electron chi connectivity index (χ3n) is 6.13. The van der Waals surface area contributed by atoms with Gasteiger partial charge in [0.2, 0.25) is 5.91 Å². The van der Waals surface area contributed by atoms with Gasteiger partial charge in [0.05, 0.1) is 17.3 Å². The van der Waals surface area contributed by atoms with Gasteiger partial charge >= 0.3 is 0 Å². The van der Waals surface area contributed by atoms with E-state index in [2.05, 4.69) is 15.4 Å². The number of benzene rings is 2. The summed E-state index contributed by atoms with van der Waals surface area (Å²) in [5, 5.41) is 9.87. The van der Waals surface area contributed by atoms with Gasteiger partial charge in [-0.15, -0.1) is 11.3 Å². The number of carbonyl (C=O) groups is 1. The number of rotatable bonds is 5. The second-order valence-electron chi connectivity index (χ2n) is 8.49. The average molecular weight is 490 g/mol. The molecule has 9 heteroatoms. The lowest BCUT2D eigenvalue weighted by molar-refractivity contribution is -0.120. The summed E-state index contributed by atoms with van der Waals surface area (Å²) in [6.45, 7) is 1.30. The predicted octanol–water partition coefficient (Wildman–Crippen LogP) is 4.57. The summed E-state index contributed by atoms with van der Waals surface area (Å²) in [5.41, 5.74) is 2.42. The van der Waals surface area contributed by atoms with E-state index in [0.717, 1.165) is 24.9 Å². The number of piperidine rings is 1. The summed E-state index contributed by atoms with van der Waals surface area (Å²) in [7, 11) is 1.62. The Bertz CT molecular complexity index is 1430. The molecule has 3 heterocycles. The lowest BCUT2D eigenvalue weighted by atomic mass is 9.96. The molecule has 0 spiro atoms. The standard InChI is InChI=1S/C26H24FN5O2S/c1-31-24(33)13-12-23(30-31)32-14-6-7-17(15-32)25(34)28-21-11-5-3-9-19(21)22-16-35-26(29-22)18-8-2-4-10-20(18)27/h2-5,8-13,16-17H,6-7,14-15H2,1H3,(H,28,34). The SMILES string of the molecule is Cn1nc(N2CCCC(C(=O)Nc3ccccc3-c3csc(-c4ccccc4F)n3)C2)ccc1=O. The number of nitrogens with one attached hydrogen (secondary N) is 1. The first-order chi connectivity index (χ1) is 17.0. The third kappa shape index (κ3) is 4.85. The number of hydrogen-bond acceptors (Lipinski definition) is 6. The molecule has 0 radical (unpaired) electrons. The Morgan fingerprint density at radius 3 is 2.66 bits per heavy atom. The lowest BCUT2D eigenvalue weighted by Gasteiger charge is -2.32. The van der Waals surface area contributed by atoms with Crippen LogP contribution in [0.25, 0.3) is 21.8 Å². The zero-order chi connectivity index (χ0) is 24.4. The minimum Gasteiger partial charge on any atom is -0.354 e. The maximum Gasteiger partial charge on any atom is 0.266 e. The van der Waals surface area contributed by atoms with Gasteiger partial charge < -0.3 is 10.2 Å². The number of halogens is 1. The van der Waals surface area contributed by atoms with E-state index in [1.807, 2.05) is 34.5 Å². The van der Waals surface area contributed by atoms with Crippen molar-refractivity contribution in [3.63, 3.8) is 0 Å². The number of nitrogens with zero attached hydrogens (tertiary/aromatic N) is 4. The molecule has 4 aromatic rings. The van der Waals surface area contributed by atoms with Gasteiger partial charge in [0.1, 0.15) is 16.6 Å². The molecule has 1 N–H and O–H groups in total. The van der Waals surface area contributed by atoms with Gasteiger partial charge in [0.15, 0.2) is 0 Å². The number of anilines is 2. The molecule has 5 rings (SSSR count). The molecule has 0 saturated carbocycles. The van der Waals surface area contributed by atoms with Crippen LogP contribution < -0.4 is 15.8 Å². The van der Waals surface area contributed by atoms with E-state index in [1.54, 1.807) is 31.3 Å². The van der Waals surface area contributed by atoms with Gasteiger partial charge in [-0.1, -0.05) is 30.3 Å². The molecule has 0 bridgehead atoms. The number of amides is 1. The average Bonchev–Trinajstić information content (AvgIpc) is 3.36.